The molecule has 0 aromatic carbocycles. The summed E-state index contributed by atoms with van der Waals surface area (Å²) >= 11 is 0. The van der Waals surface area contributed by atoms with Crippen LogP contribution in [-0.4, -0.2) is 60.4 Å². The average Bonchev–Trinajstić information content (AvgIpc) is 2.43. The molecule has 2 aliphatic heterocycles. The molecule has 0 spiro atoms. The number of piperidine rings is 2. The molecule has 0 aliphatic carbocycles. The zero-order valence-corrected chi connectivity index (χ0v) is 13.2. The highest BCUT2D eigenvalue weighted by Gasteiger charge is 2.24. The van der Waals surface area contributed by atoms with Crippen molar-refractivity contribution >= 4 is 11.6 Å². The topological polar surface area (TPSA) is 68.7 Å². The molecule has 0 aromatic rings. The molecular weight excluding hydrogens is 268 g/mol. The standard InChI is InChI=1S/C15H26N4O2/c1-11(2)19-8-5-12(6-9-19)21-18(3)10-13-14(16)4-7-17-15(13)20/h10-12,16H,4-9H2,1-3H3,(H,17,20)/b13-10+,16-14?. The van der Waals surface area contributed by atoms with Crippen molar-refractivity contribution in [1.29, 1.82) is 5.41 Å². The highest BCUT2D eigenvalue weighted by molar-refractivity contribution is 6.21. The Morgan fingerprint density at radius 3 is 2.67 bits per heavy atom. The lowest BCUT2D eigenvalue weighted by Gasteiger charge is -2.35. The van der Waals surface area contributed by atoms with Gasteiger partial charge in [-0.3, -0.25) is 14.7 Å². The van der Waals surface area contributed by atoms with Crippen molar-refractivity contribution in [3.63, 3.8) is 0 Å². The van der Waals surface area contributed by atoms with Gasteiger partial charge < -0.3 is 15.6 Å². The molecule has 0 aromatic heterocycles. The Morgan fingerprint density at radius 2 is 2.10 bits per heavy atom. The molecule has 2 aliphatic rings. The smallest absolute Gasteiger partial charge is 0.254 e. The molecule has 2 rings (SSSR count). The summed E-state index contributed by atoms with van der Waals surface area (Å²) in [5, 5.41) is 12.2. The number of amides is 1. The predicted molar refractivity (Wildman–Crippen MR) is 82.0 cm³/mol. The Hall–Kier alpha value is -1.40. The minimum atomic E-state index is -0.184. The molecule has 118 valence electrons. The second kappa shape index (κ2) is 7.04. The van der Waals surface area contributed by atoms with Crippen molar-refractivity contribution in [2.24, 2.45) is 0 Å². The number of carbonyl (C=O) groups is 1. The molecule has 2 N–H and O–H groups in total. The molecule has 0 bridgehead atoms. The van der Waals surface area contributed by atoms with Crippen molar-refractivity contribution in [3.05, 3.63) is 11.8 Å². The van der Waals surface area contributed by atoms with E-state index in [1.165, 1.54) is 0 Å². The number of hydrogen-bond acceptors (Lipinski definition) is 5. The molecule has 0 saturated carbocycles. The summed E-state index contributed by atoms with van der Waals surface area (Å²) in [6, 6.07) is 0.581. The maximum Gasteiger partial charge on any atom is 0.254 e. The van der Waals surface area contributed by atoms with Crippen LogP contribution in [-0.2, 0) is 9.63 Å². The first-order valence-electron chi connectivity index (χ1n) is 7.69. The van der Waals surface area contributed by atoms with Crippen LogP contribution in [0.2, 0.25) is 0 Å². The maximum atomic E-state index is 11.7. The van der Waals surface area contributed by atoms with Crippen LogP contribution in [0.3, 0.4) is 0 Å². The molecule has 0 unspecified atom stereocenters. The monoisotopic (exact) mass is 294 g/mol. The minimum Gasteiger partial charge on any atom is -0.352 e. The van der Waals surface area contributed by atoms with Gasteiger partial charge >= 0.3 is 0 Å². The fraction of sp³-hybridized carbons (Fsp3) is 0.733. The number of rotatable bonds is 4. The second-order valence-corrected chi connectivity index (χ2v) is 6.01. The van der Waals surface area contributed by atoms with Crippen molar-refractivity contribution in [3.8, 4) is 0 Å². The van der Waals surface area contributed by atoms with Gasteiger partial charge in [-0.1, -0.05) is 0 Å². The normalized spacial score (nSPS) is 23.7. The van der Waals surface area contributed by atoms with Crippen LogP contribution in [0.15, 0.2) is 11.8 Å². The minimum absolute atomic E-state index is 0.183. The summed E-state index contributed by atoms with van der Waals surface area (Å²) in [5.74, 6) is -0.184. The quantitative estimate of drug-likeness (QED) is 0.603. The Morgan fingerprint density at radius 1 is 1.43 bits per heavy atom. The zero-order chi connectivity index (χ0) is 15.4. The van der Waals surface area contributed by atoms with Crippen LogP contribution < -0.4 is 5.32 Å². The first kappa shape index (κ1) is 16.0. The van der Waals surface area contributed by atoms with E-state index in [2.05, 4.69) is 24.1 Å². The fourth-order valence-corrected chi connectivity index (χ4v) is 2.75. The third-order valence-electron chi connectivity index (χ3n) is 4.06. The van der Waals surface area contributed by atoms with Gasteiger partial charge in [0.2, 0.25) is 0 Å². The van der Waals surface area contributed by atoms with Crippen LogP contribution in [0.4, 0.5) is 0 Å². The number of nitrogens with one attached hydrogen (secondary N) is 2. The molecule has 2 fully saturated rings. The fourth-order valence-electron chi connectivity index (χ4n) is 2.75. The van der Waals surface area contributed by atoms with Gasteiger partial charge in [0.25, 0.3) is 5.91 Å². The van der Waals surface area contributed by atoms with Gasteiger partial charge in [0.15, 0.2) is 0 Å². The van der Waals surface area contributed by atoms with E-state index in [0.717, 1.165) is 25.9 Å². The lowest BCUT2D eigenvalue weighted by atomic mass is 10.0. The summed E-state index contributed by atoms with van der Waals surface area (Å²) in [4.78, 5) is 20.1. The van der Waals surface area contributed by atoms with Crippen LogP contribution in [0, 0.1) is 5.41 Å². The third kappa shape index (κ3) is 4.28. The van der Waals surface area contributed by atoms with E-state index in [-0.39, 0.29) is 12.0 Å². The van der Waals surface area contributed by atoms with E-state index in [9.17, 15) is 4.79 Å². The lowest BCUT2D eigenvalue weighted by Crippen LogP contribution is -2.42. The van der Waals surface area contributed by atoms with Gasteiger partial charge in [-0.05, 0) is 26.7 Å². The van der Waals surface area contributed by atoms with Gasteiger partial charge in [0.05, 0.1) is 11.7 Å². The summed E-state index contributed by atoms with van der Waals surface area (Å²) in [5.41, 5.74) is 0.784. The van der Waals surface area contributed by atoms with Crippen molar-refractivity contribution in [1.82, 2.24) is 15.3 Å². The third-order valence-corrected chi connectivity index (χ3v) is 4.06. The van der Waals surface area contributed by atoms with Crippen LogP contribution in [0.5, 0.6) is 0 Å². The van der Waals surface area contributed by atoms with Gasteiger partial charge in [-0.25, -0.2) is 0 Å². The number of hydrogen-bond donors (Lipinski definition) is 2. The van der Waals surface area contributed by atoms with Crippen LogP contribution in [0.1, 0.15) is 33.1 Å². The number of carbonyl (C=O) groups excluding carboxylic acids is 1. The van der Waals surface area contributed by atoms with E-state index in [1.807, 2.05) is 0 Å². The second-order valence-electron chi connectivity index (χ2n) is 6.01. The predicted octanol–water partition coefficient (Wildman–Crippen LogP) is 1.15. The van der Waals surface area contributed by atoms with E-state index in [0.29, 0.717) is 30.3 Å². The molecule has 2 saturated heterocycles. The van der Waals surface area contributed by atoms with Crippen molar-refractivity contribution < 1.29 is 9.63 Å². The summed E-state index contributed by atoms with van der Waals surface area (Å²) in [6.07, 6.45) is 4.39. The molecule has 6 nitrogen and oxygen atoms in total. The SMILES string of the molecule is CC(C)N1CCC(ON(C)/C=C2\C(=N)CCNC2=O)CC1. The molecule has 2 heterocycles. The van der Waals surface area contributed by atoms with Gasteiger partial charge in [0, 0.05) is 51.1 Å². The summed E-state index contributed by atoms with van der Waals surface area (Å²) in [6.45, 7) is 7.06. The first-order valence-corrected chi connectivity index (χ1v) is 7.69. The Labute approximate surface area is 126 Å². The molecule has 21 heavy (non-hydrogen) atoms. The number of nitrogens with zero attached hydrogens (tertiary/aromatic N) is 2. The largest absolute Gasteiger partial charge is 0.352 e. The van der Waals surface area contributed by atoms with Crippen LogP contribution in [0.25, 0.3) is 0 Å². The van der Waals surface area contributed by atoms with E-state index in [1.54, 1.807) is 18.3 Å². The molecule has 0 radical (unpaired) electrons. The van der Waals surface area contributed by atoms with Gasteiger partial charge in [0.1, 0.15) is 0 Å². The zero-order valence-electron chi connectivity index (χ0n) is 13.2. The van der Waals surface area contributed by atoms with Gasteiger partial charge in [-0.2, -0.15) is 0 Å². The van der Waals surface area contributed by atoms with Crippen molar-refractivity contribution in [2.75, 3.05) is 26.7 Å². The highest BCUT2D eigenvalue weighted by atomic mass is 16.7. The number of hydroxylamine groups is 2. The van der Waals surface area contributed by atoms with Crippen LogP contribution >= 0.6 is 0 Å². The highest BCUT2D eigenvalue weighted by Crippen LogP contribution is 2.17. The van der Waals surface area contributed by atoms with E-state index in [4.69, 9.17) is 10.2 Å². The first-order chi connectivity index (χ1) is 9.97. The molecule has 0 atom stereocenters. The Kier molecular flexibility index (Phi) is 5.36. The molecule has 6 heteroatoms. The molecular formula is C15H26N4O2. The molecule has 1 amide bonds. The number of likely N-dealkylation sites (tertiary alicyclic amines) is 1. The Bertz CT molecular complexity index is 407. The maximum absolute atomic E-state index is 11.7. The van der Waals surface area contributed by atoms with E-state index < -0.39 is 0 Å². The summed E-state index contributed by atoms with van der Waals surface area (Å²) in [7, 11) is 1.79. The van der Waals surface area contributed by atoms with E-state index >= 15 is 0 Å². The average molecular weight is 294 g/mol. The Balaban J connectivity index is 1.86. The van der Waals surface area contributed by atoms with Gasteiger partial charge in [-0.15, -0.1) is 0 Å². The van der Waals surface area contributed by atoms with Crippen molar-refractivity contribution in [2.45, 2.75) is 45.3 Å². The summed E-state index contributed by atoms with van der Waals surface area (Å²) < 4.78 is 0. The lowest BCUT2D eigenvalue weighted by molar-refractivity contribution is -0.163.